The van der Waals surface area contributed by atoms with Gasteiger partial charge in [-0.05, 0) is 55.3 Å². The van der Waals surface area contributed by atoms with Crippen LogP contribution in [0.3, 0.4) is 0 Å². The highest BCUT2D eigenvalue weighted by molar-refractivity contribution is 7.99. The number of halogens is 3. The molecule has 0 radical (unpaired) electrons. The lowest BCUT2D eigenvalue weighted by molar-refractivity contribution is -0.479. The molecule has 36 heavy (non-hydrogen) atoms. The Balaban J connectivity index is 1.63. The third kappa shape index (κ3) is 5.98. The fourth-order valence-corrected chi connectivity index (χ4v) is 5.39. The van der Waals surface area contributed by atoms with Gasteiger partial charge >= 0.3 is 0 Å². The van der Waals surface area contributed by atoms with E-state index in [9.17, 15) is 14.5 Å². The van der Waals surface area contributed by atoms with Gasteiger partial charge in [-0.25, -0.2) is 4.39 Å². The normalized spacial score (nSPS) is 11.9. The number of nitrogens with zero attached hydrogens (tertiary/aromatic N) is 4. The van der Waals surface area contributed by atoms with Crippen LogP contribution in [0.5, 0.6) is 5.75 Å². The van der Waals surface area contributed by atoms with Crippen molar-refractivity contribution in [2.45, 2.75) is 30.9 Å². The van der Waals surface area contributed by atoms with Gasteiger partial charge in [0.15, 0.2) is 10.9 Å². The lowest BCUT2D eigenvalue weighted by atomic mass is 10.1. The Labute approximate surface area is 221 Å². The van der Waals surface area contributed by atoms with Gasteiger partial charge in [-0.3, -0.25) is 14.7 Å². The lowest BCUT2D eigenvalue weighted by Gasteiger charge is -2.17. The van der Waals surface area contributed by atoms with E-state index in [0.717, 1.165) is 11.3 Å². The van der Waals surface area contributed by atoms with Gasteiger partial charge in [-0.15, -0.1) is 10.2 Å². The van der Waals surface area contributed by atoms with Gasteiger partial charge < -0.3 is 4.74 Å². The molecule has 0 fully saturated rings. The third-order valence-corrected chi connectivity index (χ3v) is 7.08. The van der Waals surface area contributed by atoms with E-state index < -0.39 is 22.5 Å². The van der Waals surface area contributed by atoms with Gasteiger partial charge in [0.2, 0.25) is 6.54 Å². The molecule has 0 aliphatic heterocycles. The van der Waals surface area contributed by atoms with Crippen LogP contribution in [-0.4, -0.2) is 26.2 Å². The Bertz CT molecular complexity index is 1390. The molecule has 0 amide bonds. The first kappa shape index (κ1) is 25.9. The van der Waals surface area contributed by atoms with Crippen LogP contribution in [0.4, 0.5) is 4.39 Å². The summed E-state index contributed by atoms with van der Waals surface area (Å²) in [6, 6.07) is 17.2. The van der Waals surface area contributed by atoms with Crippen molar-refractivity contribution in [1.82, 2.24) is 14.8 Å². The van der Waals surface area contributed by atoms with E-state index >= 15 is 0 Å². The molecule has 0 spiro atoms. The number of aryl methyl sites for hydroxylation is 2. The lowest BCUT2D eigenvalue weighted by Crippen LogP contribution is -2.11. The monoisotopic (exact) mass is 546 g/mol. The average molecular weight is 547 g/mol. The third-order valence-electron chi connectivity index (χ3n) is 5.34. The van der Waals surface area contributed by atoms with E-state index in [2.05, 4.69) is 10.2 Å². The number of thioether (sulfide) groups is 1. The Morgan fingerprint density at radius 1 is 1.08 bits per heavy atom. The van der Waals surface area contributed by atoms with Crippen molar-refractivity contribution < 1.29 is 14.1 Å². The van der Waals surface area contributed by atoms with Crippen LogP contribution in [0.2, 0.25) is 10.0 Å². The molecule has 7 nitrogen and oxygen atoms in total. The maximum atomic E-state index is 13.9. The number of rotatable bonds is 9. The van der Waals surface area contributed by atoms with Crippen molar-refractivity contribution in [2.75, 3.05) is 6.54 Å². The SMILES string of the molecule is Cc1cccc(-n2c(C)nnc2S[C@H](C[N+](=O)[O-])c2cc(Cl)c(OCc3ccccc3F)c(Cl)c2)c1. The summed E-state index contributed by atoms with van der Waals surface area (Å²) in [6.07, 6.45) is 0. The summed E-state index contributed by atoms with van der Waals surface area (Å²) < 4.78 is 21.5. The number of benzene rings is 3. The summed E-state index contributed by atoms with van der Waals surface area (Å²) in [4.78, 5) is 11.1. The summed E-state index contributed by atoms with van der Waals surface area (Å²) in [5.74, 6) is 0.418. The first-order valence-corrected chi connectivity index (χ1v) is 12.5. The zero-order chi connectivity index (χ0) is 25.8. The molecule has 0 aliphatic rings. The second-order valence-corrected chi connectivity index (χ2v) is 10.0. The van der Waals surface area contributed by atoms with Gasteiger partial charge in [-0.1, -0.05) is 65.3 Å². The molecule has 0 saturated heterocycles. The van der Waals surface area contributed by atoms with E-state index in [0.29, 0.717) is 22.1 Å². The summed E-state index contributed by atoms with van der Waals surface area (Å²) in [7, 11) is 0. The molecular formula is C25H21Cl2FN4O3S. The Morgan fingerprint density at radius 2 is 1.81 bits per heavy atom. The minimum atomic E-state index is -0.664. The van der Waals surface area contributed by atoms with Gasteiger partial charge in [0.25, 0.3) is 0 Å². The number of hydrogen-bond donors (Lipinski definition) is 0. The topological polar surface area (TPSA) is 83.1 Å². The smallest absolute Gasteiger partial charge is 0.220 e. The molecule has 4 aromatic rings. The highest BCUT2D eigenvalue weighted by Crippen LogP contribution is 2.42. The molecule has 0 saturated carbocycles. The van der Waals surface area contributed by atoms with Crippen molar-refractivity contribution >= 4 is 35.0 Å². The predicted molar refractivity (Wildman–Crippen MR) is 138 cm³/mol. The molecule has 0 bridgehead atoms. The number of hydrogen-bond acceptors (Lipinski definition) is 6. The van der Waals surface area contributed by atoms with Crippen LogP contribution in [0.1, 0.15) is 27.8 Å². The molecule has 1 heterocycles. The van der Waals surface area contributed by atoms with Crippen molar-refractivity contribution in [3.05, 3.63) is 109 Å². The van der Waals surface area contributed by atoms with Gasteiger partial charge in [0.1, 0.15) is 23.5 Å². The van der Waals surface area contributed by atoms with Crippen molar-refractivity contribution in [3.8, 4) is 11.4 Å². The number of aromatic nitrogens is 3. The predicted octanol–water partition coefficient (Wildman–Crippen LogP) is 7.02. The largest absolute Gasteiger partial charge is 0.486 e. The Hall–Kier alpha value is -3.14. The van der Waals surface area contributed by atoms with Crippen molar-refractivity contribution in [2.24, 2.45) is 0 Å². The fourth-order valence-electron chi connectivity index (χ4n) is 3.63. The highest BCUT2D eigenvalue weighted by atomic mass is 35.5. The second kappa shape index (κ2) is 11.3. The van der Waals surface area contributed by atoms with Gasteiger partial charge in [-0.2, -0.15) is 0 Å². The second-order valence-electron chi connectivity index (χ2n) is 8.02. The molecular weight excluding hydrogens is 526 g/mol. The first-order valence-electron chi connectivity index (χ1n) is 10.9. The Morgan fingerprint density at radius 3 is 2.47 bits per heavy atom. The minimum Gasteiger partial charge on any atom is -0.486 e. The zero-order valence-electron chi connectivity index (χ0n) is 19.3. The fraction of sp³-hybridized carbons (Fsp3) is 0.200. The summed E-state index contributed by atoms with van der Waals surface area (Å²) in [6.45, 7) is 3.33. The molecule has 1 aromatic heterocycles. The molecule has 0 unspecified atom stereocenters. The van der Waals surface area contributed by atoms with Crippen molar-refractivity contribution in [1.29, 1.82) is 0 Å². The molecule has 4 rings (SSSR count). The quantitative estimate of drug-likeness (QED) is 0.127. The zero-order valence-corrected chi connectivity index (χ0v) is 21.6. The average Bonchev–Trinajstić information content (AvgIpc) is 3.18. The van der Waals surface area contributed by atoms with Crippen LogP contribution >= 0.6 is 35.0 Å². The summed E-state index contributed by atoms with van der Waals surface area (Å²) in [5, 5.41) is 20.1. The van der Waals surface area contributed by atoms with E-state index in [1.807, 2.05) is 42.7 Å². The van der Waals surface area contributed by atoms with E-state index in [-0.39, 0.29) is 22.4 Å². The van der Waals surface area contributed by atoms with E-state index in [1.54, 1.807) is 30.3 Å². The standard InChI is InChI=1S/C25H21Cl2FN4O3S/c1-15-6-5-8-19(10-15)32-16(2)29-30-25(32)36-23(13-31(33)34)18-11-20(26)24(21(27)12-18)35-14-17-7-3-4-9-22(17)28/h3-12,23H,13-14H2,1-2H3/t23-/m1/s1. The van der Waals surface area contributed by atoms with Crippen LogP contribution in [0.25, 0.3) is 5.69 Å². The molecule has 3 aromatic carbocycles. The van der Waals surface area contributed by atoms with Crippen molar-refractivity contribution in [3.63, 3.8) is 0 Å². The van der Waals surface area contributed by atoms with Crippen LogP contribution in [0, 0.1) is 29.8 Å². The maximum absolute atomic E-state index is 13.9. The molecule has 0 N–H and O–H groups in total. The number of nitro groups is 1. The maximum Gasteiger partial charge on any atom is 0.220 e. The molecule has 0 aliphatic carbocycles. The highest BCUT2D eigenvalue weighted by Gasteiger charge is 2.26. The van der Waals surface area contributed by atoms with Gasteiger partial charge in [0.05, 0.1) is 10.0 Å². The van der Waals surface area contributed by atoms with Gasteiger partial charge in [0, 0.05) is 16.2 Å². The van der Waals surface area contributed by atoms with Crippen LogP contribution < -0.4 is 4.74 Å². The van der Waals surface area contributed by atoms with E-state index in [4.69, 9.17) is 27.9 Å². The first-order chi connectivity index (χ1) is 17.2. The molecule has 11 heteroatoms. The molecule has 186 valence electrons. The number of ether oxygens (including phenoxy) is 1. The summed E-state index contributed by atoms with van der Waals surface area (Å²) >= 11 is 14.1. The van der Waals surface area contributed by atoms with E-state index in [1.165, 1.54) is 17.8 Å². The summed E-state index contributed by atoms with van der Waals surface area (Å²) in [5.41, 5.74) is 2.79. The van der Waals surface area contributed by atoms with Crippen LogP contribution in [0.15, 0.2) is 65.8 Å². The molecule has 1 atom stereocenters. The Kier molecular flexibility index (Phi) is 8.13. The van der Waals surface area contributed by atoms with Crippen LogP contribution in [-0.2, 0) is 6.61 Å². The minimum absolute atomic E-state index is 0.0720.